The fraction of sp³-hybridized carbons (Fsp3) is 0.412. The molecule has 0 bridgehead atoms. The molecule has 0 aliphatic carbocycles. The van der Waals surface area contributed by atoms with Gasteiger partial charge in [-0.05, 0) is 24.6 Å². The van der Waals surface area contributed by atoms with E-state index in [4.69, 9.17) is 0 Å². The summed E-state index contributed by atoms with van der Waals surface area (Å²) in [6.07, 6.45) is 0.0831. The second kappa shape index (κ2) is 7.05. The van der Waals surface area contributed by atoms with Crippen LogP contribution in [0.1, 0.15) is 16.8 Å². The Morgan fingerprint density at radius 3 is 2.68 bits per heavy atom. The fourth-order valence-electron chi connectivity index (χ4n) is 3.09. The Bertz CT molecular complexity index is 724. The molecule has 4 nitrogen and oxygen atoms in total. The average molecular weight is 355 g/mol. The van der Waals surface area contributed by atoms with Crippen LogP contribution in [0.25, 0.3) is 0 Å². The number of nitrogens with zero attached hydrogens (tertiary/aromatic N) is 3. The Morgan fingerprint density at radius 2 is 2.00 bits per heavy atom. The van der Waals surface area contributed by atoms with Gasteiger partial charge in [-0.2, -0.15) is 13.2 Å². The third kappa shape index (κ3) is 4.32. The Hall–Kier alpha value is -2.06. The van der Waals surface area contributed by atoms with Crippen molar-refractivity contribution in [1.82, 2.24) is 14.9 Å². The molecule has 8 heteroatoms. The summed E-state index contributed by atoms with van der Waals surface area (Å²) in [4.78, 5) is 9.88. The van der Waals surface area contributed by atoms with Crippen LogP contribution in [0.4, 0.5) is 17.6 Å². The zero-order valence-electron chi connectivity index (χ0n) is 13.2. The molecule has 1 N–H and O–H groups in total. The molecule has 0 unspecified atom stereocenters. The van der Waals surface area contributed by atoms with Gasteiger partial charge in [-0.15, -0.1) is 0 Å². The molecule has 0 amide bonds. The van der Waals surface area contributed by atoms with Crippen LogP contribution < -0.4 is 0 Å². The highest BCUT2D eigenvalue weighted by Crippen LogP contribution is 2.31. The molecule has 0 saturated carbocycles. The van der Waals surface area contributed by atoms with Crippen molar-refractivity contribution in [2.24, 2.45) is 5.92 Å². The first-order valence-corrected chi connectivity index (χ1v) is 7.84. The second-order valence-corrected chi connectivity index (χ2v) is 6.23. The number of rotatable bonds is 4. The summed E-state index contributed by atoms with van der Waals surface area (Å²) in [6.45, 7) is 0.748. The van der Waals surface area contributed by atoms with Gasteiger partial charge < -0.3 is 5.11 Å². The van der Waals surface area contributed by atoms with Crippen LogP contribution in [-0.2, 0) is 19.1 Å². The van der Waals surface area contributed by atoms with Gasteiger partial charge in [-0.1, -0.05) is 0 Å². The Kier molecular flexibility index (Phi) is 5.01. The van der Waals surface area contributed by atoms with E-state index in [1.165, 1.54) is 0 Å². The van der Waals surface area contributed by atoms with Crippen molar-refractivity contribution in [3.8, 4) is 0 Å². The van der Waals surface area contributed by atoms with Crippen LogP contribution in [0.3, 0.4) is 0 Å². The minimum Gasteiger partial charge on any atom is -0.391 e. The molecule has 2 aromatic rings. The van der Waals surface area contributed by atoms with Crippen molar-refractivity contribution in [3.05, 3.63) is 59.4 Å². The zero-order chi connectivity index (χ0) is 18.0. The van der Waals surface area contributed by atoms with Crippen LogP contribution >= 0.6 is 0 Å². The summed E-state index contributed by atoms with van der Waals surface area (Å²) in [5.41, 5.74) is -0.166. The topological polar surface area (TPSA) is 49.2 Å². The highest BCUT2D eigenvalue weighted by Gasteiger charge is 2.34. The molecule has 2 heterocycles. The number of aromatic nitrogens is 2. The summed E-state index contributed by atoms with van der Waals surface area (Å²) in [5, 5.41) is 10.2. The lowest BCUT2D eigenvalue weighted by Crippen LogP contribution is -2.22. The van der Waals surface area contributed by atoms with E-state index in [0.717, 1.165) is 23.9 Å². The molecule has 25 heavy (non-hydrogen) atoms. The van der Waals surface area contributed by atoms with E-state index >= 15 is 0 Å². The van der Waals surface area contributed by atoms with Crippen LogP contribution in [0.2, 0.25) is 0 Å². The molecule has 2 atom stereocenters. The minimum atomic E-state index is -4.51. The highest BCUT2D eigenvalue weighted by atomic mass is 19.4. The summed E-state index contributed by atoms with van der Waals surface area (Å²) < 4.78 is 52.2. The number of β-amino-alcohol motifs (C(OH)–C–C–N with tert-alkyl or cyclic N) is 1. The van der Waals surface area contributed by atoms with Gasteiger partial charge in [0.1, 0.15) is 5.82 Å². The number of hydrogen-bond donors (Lipinski definition) is 1. The van der Waals surface area contributed by atoms with E-state index in [2.05, 4.69) is 9.97 Å². The van der Waals surface area contributed by atoms with Crippen LogP contribution in [0.5, 0.6) is 0 Å². The van der Waals surface area contributed by atoms with Gasteiger partial charge in [0, 0.05) is 49.7 Å². The maximum Gasteiger partial charge on any atom is 0.416 e. The molecular formula is C17H17F4N3O. The van der Waals surface area contributed by atoms with Crippen molar-refractivity contribution in [1.29, 1.82) is 0 Å². The fourth-order valence-corrected chi connectivity index (χ4v) is 3.09. The number of halogens is 4. The molecular weight excluding hydrogens is 338 g/mol. The van der Waals surface area contributed by atoms with E-state index in [1.54, 1.807) is 23.5 Å². The zero-order valence-corrected chi connectivity index (χ0v) is 13.2. The lowest BCUT2D eigenvalue weighted by molar-refractivity contribution is -0.137. The van der Waals surface area contributed by atoms with Gasteiger partial charge in [0.15, 0.2) is 0 Å². The van der Waals surface area contributed by atoms with Crippen molar-refractivity contribution in [2.75, 3.05) is 13.1 Å². The molecule has 1 aromatic carbocycles. The van der Waals surface area contributed by atoms with Crippen molar-refractivity contribution in [2.45, 2.75) is 25.2 Å². The Labute approximate surface area is 142 Å². The van der Waals surface area contributed by atoms with Crippen molar-refractivity contribution in [3.63, 3.8) is 0 Å². The third-order valence-corrected chi connectivity index (χ3v) is 4.34. The third-order valence-electron chi connectivity index (χ3n) is 4.34. The average Bonchev–Trinajstić information content (AvgIpc) is 2.89. The molecule has 1 aliphatic heterocycles. The summed E-state index contributed by atoms with van der Waals surface area (Å²) >= 11 is 0. The quantitative estimate of drug-likeness (QED) is 0.857. The van der Waals surface area contributed by atoms with Gasteiger partial charge in [-0.25, -0.2) is 4.39 Å². The number of likely N-dealkylation sites (tertiary alicyclic amines) is 1. The Morgan fingerprint density at radius 1 is 1.20 bits per heavy atom. The van der Waals surface area contributed by atoms with Crippen molar-refractivity contribution < 1.29 is 22.7 Å². The van der Waals surface area contributed by atoms with E-state index in [-0.39, 0.29) is 24.6 Å². The number of benzene rings is 1. The highest BCUT2D eigenvalue weighted by molar-refractivity contribution is 5.27. The Balaban J connectivity index is 1.68. The van der Waals surface area contributed by atoms with Gasteiger partial charge in [-0.3, -0.25) is 14.9 Å². The molecule has 1 fully saturated rings. The second-order valence-electron chi connectivity index (χ2n) is 6.23. The van der Waals surface area contributed by atoms with Crippen LogP contribution in [0, 0.1) is 11.7 Å². The van der Waals surface area contributed by atoms with E-state index < -0.39 is 23.7 Å². The predicted octanol–water partition coefficient (Wildman–Crippen LogP) is 2.67. The van der Waals surface area contributed by atoms with Gasteiger partial charge in [0.25, 0.3) is 0 Å². The summed E-state index contributed by atoms with van der Waals surface area (Å²) in [5.74, 6) is -0.801. The molecule has 1 aromatic heterocycles. The number of aliphatic hydroxyl groups is 1. The minimum absolute atomic E-state index is 0.0176. The largest absolute Gasteiger partial charge is 0.416 e. The molecule has 3 rings (SSSR count). The molecule has 0 radical (unpaired) electrons. The van der Waals surface area contributed by atoms with Gasteiger partial charge >= 0.3 is 6.18 Å². The number of aliphatic hydroxyl groups excluding tert-OH is 1. The lowest BCUT2D eigenvalue weighted by Gasteiger charge is -2.17. The van der Waals surface area contributed by atoms with Gasteiger partial charge in [0.05, 0.1) is 17.4 Å². The maximum atomic E-state index is 13.9. The maximum absolute atomic E-state index is 13.9. The first kappa shape index (κ1) is 17.8. The molecule has 0 spiro atoms. The van der Waals surface area contributed by atoms with Gasteiger partial charge in [0.2, 0.25) is 0 Å². The number of hydrogen-bond acceptors (Lipinski definition) is 4. The molecule has 1 saturated heterocycles. The first-order valence-electron chi connectivity index (χ1n) is 7.84. The van der Waals surface area contributed by atoms with Crippen LogP contribution in [0.15, 0.2) is 36.8 Å². The molecule has 134 valence electrons. The van der Waals surface area contributed by atoms with E-state index in [1.807, 2.05) is 0 Å². The van der Waals surface area contributed by atoms with Crippen LogP contribution in [-0.4, -0.2) is 39.2 Å². The normalized spacial score (nSPS) is 21.6. The lowest BCUT2D eigenvalue weighted by atomic mass is 10.0. The predicted molar refractivity (Wildman–Crippen MR) is 81.9 cm³/mol. The number of alkyl halides is 3. The smallest absolute Gasteiger partial charge is 0.391 e. The monoisotopic (exact) mass is 355 g/mol. The standard InChI is InChI=1S/C17H17F4N3O/c18-15-2-1-13(17(19,20)21)5-11(15)8-24-9-12(16(25)10-24)6-14-7-22-3-4-23-14/h1-5,7,12,16,25H,6,8-10H2/t12-,16-/m1/s1. The summed E-state index contributed by atoms with van der Waals surface area (Å²) in [7, 11) is 0. The SMILES string of the molecule is O[C@@H]1CN(Cc2cc(C(F)(F)F)ccc2F)C[C@H]1Cc1cnccn1. The molecule has 1 aliphatic rings. The van der Waals surface area contributed by atoms with E-state index in [0.29, 0.717) is 13.0 Å². The van der Waals surface area contributed by atoms with Crippen molar-refractivity contribution >= 4 is 0 Å². The first-order chi connectivity index (χ1) is 11.8. The van der Waals surface area contributed by atoms with E-state index in [9.17, 15) is 22.7 Å². The summed E-state index contributed by atoms with van der Waals surface area (Å²) in [6, 6.07) is 2.40.